The average molecular weight is 712 g/mol. The van der Waals surface area contributed by atoms with Gasteiger partial charge in [-0.05, 0) is 43.9 Å². The van der Waals surface area contributed by atoms with E-state index in [1.807, 2.05) is 51.9 Å². The van der Waals surface area contributed by atoms with Gasteiger partial charge in [0.2, 0.25) is 5.60 Å². The van der Waals surface area contributed by atoms with Gasteiger partial charge in [0.05, 0.1) is 55.4 Å². The van der Waals surface area contributed by atoms with Crippen LogP contribution >= 0.6 is 21.6 Å². The smallest absolute Gasteiger partial charge is 0.408 e. The summed E-state index contributed by atoms with van der Waals surface area (Å²) in [5, 5.41) is 4.31. The van der Waals surface area contributed by atoms with E-state index in [0.29, 0.717) is 36.5 Å². The van der Waals surface area contributed by atoms with E-state index in [9.17, 15) is 19.2 Å². The van der Waals surface area contributed by atoms with Gasteiger partial charge in [-0.2, -0.15) is 0 Å². The molecule has 1 N–H and O–H groups in total. The number of nitrogens with one attached hydrogen (secondary N) is 1. The van der Waals surface area contributed by atoms with Gasteiger partial charge in [-0.15, -0.1) is 0 Å². The van der Waals surface area contributed by atoms with E-state index < -0.39 is 17.7 Å². The lowest BCUT2D eigenvalue weighted by Crippen LogP contribution is -2.49. The van der Waals surface area contributed by atoms with Crippen molar-refractivity contribution in [2.75, 3.05) is 45.3 Å². The van der Waals surface area contributed by atoms with Crippen LogP contribution in [-0.2, 0) is 52.0 Å². The molecule has 3 aliphatic rings. The van der Waals surface area contributed by atoms with Crippen LogP contribution < -0.4 is 10.9 Å². The zero-order chi connectivity index (χ0) is 34.2. The first kappa shape index (κ1) is 35.2. The Hall–Kier alpha value is -3.59. The Bertz CT molecular complexity index is 1740. The predicted octanol–water partition coefficient (Wildman–Crippen LogP) is 5.10. The molecule has 3 aliphatic heterocycles. The third-order valence-electron chi connectivity index (χ3n) is 8.91. The fraction of sp³-hybridized carbons (Fsp3) is 0.514. The lowest BCUT2D eigenvalue weighted by Gasteiger charge is -2.35. The second kappa shape index (κ2) is 16.4. The van der Waals surface area contributed by atoms with Crippen LogP contribution in [0.25, 0.3) is 22.3 Å². The quantitative estimate of drug-likeness (QED) is 0.0715. The Morgan fingerprint density at radius 3 is 2.71 bits per heavy atom. The molecular weight excluding hydrogens is 671 g/mol. The molecule has 2 atom stereocenters. The van der Waals surface area contributed by atoms with Gasteiger partial charge >= 0.3 is 18.0 Å². The van der Waals surface area contributed by atoms with Crippen LogP contribution in [0.15, 0.2) is 41.2 Å². The molecule has 262 valence electrons. The third-order valence-corrected chi connectivity index (χ3v) is 11.9. The summed E-state index contributed by atoms with van der Waals surface area (Å²) in [5.74, 6) is 0.292. The predicted molar refractivity (Wildman–Crippen MR) is 186 cm³/mol. The molecule has 3 aromatic rings. The number of benzene rings is 1. The van der Waals surface area contributed by atoms with E-state index in [1.165, 1.54) is 12.2 Å². The zero-order valence-electron chi connectivity index (χ0n) is 27.5. The van der Waals surface area contributed by atoms with Gasteiger partial charge in [0.25, 0.3) is 5.56 Å². The highest BCUT2D eigenvalue weighted by molar-refractivity contribution is 8.77. The minimum absolute atomic E-state index is 0.0647. The second-order valence-corrected chi connectivity index (χ2v) is 14.9. The lowest BCUT2D eigenvalue weighted by molar-refractivity contribution is -0.172. The van der Waals surface area contributed by atoms with Crippen LogP contribution in [0, 0.1) is 0 Å². The molecule has 0 aliphatic carbocycles. The number of carbonyl (C=O) groups is 3. The number of cyclic esters (lactones) is 1. The number of carbonyl (C=O) groups excluding carboxylic acids is 3. The molecule has 1 aromatic carbocycles. The number of fused-ring (bicyclic) bond motifs is 5. The average Bonchev–Trinajstić information content (AvgIpc) is 3.76. The lowest BCUT2D eigenvalue weighted by atomic mass is 9.85. The number of amides is 1. The highest BCUT2D eigenvalue weighted by atomic mass is 33.1. The van der Waals surface area contributed by atoms with Gasteiger partial charge in [-0.1, -0.05) is 53.1 Å². The van der Waals surface area contributed by atoms with Gasteiger partial charge < -0.3 is 33.6 Å². The molecule has 6 rings (SSSR count). The number of pyridine rings is 2. The molecule has 0 bridgehead atoms. The van der Waals surface area contributed by atoms with Crippen molar-refractivity contribution in [3.8, 4) is 11.4 Å². The summed E-state index contributed by atoms with van der Waals surface area (Å²) < 4.78 is 29.0. The Morgan fingerprint density at radius 2 is 1.90 bits per heavy atom. The molecule has 1 fully saturated rings. The fourth-order valence-electron chi connectivity index (χ4n) is 6.32. The number of rotatable bonds is 16. The zero-order valence-corrected chi connectivity index (χ0v) is 29.2. The number of alkyl carbamates (subject to hydrolysis) is 1. The van der Waals surface area contributed by atoms with E-state index in [2.05, 4.69) is 5.32 Å². The topological polar surface area (TPSA) is 144 Å². The highest BCUT2D eigenvalue weighted by Crippen LogP contribution is 2.41. The van der Waals surface area contributed by atoms with Crippen molar-refractivity contribution in [2.24, 2.45) is 0 Å². The Kier molecular flexibility index (Phi) is 11.8. The first-order valence-corrected chi connectivity index (χ1v) is 19.2. The summed E-state index contributed by atoms with van der Waals surface area (Å²) in [4.78, 5) is 56.5. The van der Waals surface area contributed by atoms with Crippen LogP contribution in [0.4, 0.5) is 4.79 Å². The van der Waals surface area contributed by atoms with Crippen LogP contribution in [-0.4, -0.2) is 78.2 Å². The van der Waals surface area contributed by atoms with Crippen LogP contribution in [0.5, 0.6) is 0 Å². The molecule has 1 saturated heterocycles. The van der Waals surface area contributed by atoms with Crippen LogP contribution in [0.3, 0.4) is 0 Å². The number of unbranched alkanes of at least 4 members (excludes halogenated alkanes) is 1. The van der Waals surface area contributed by atoms with Crippen molar-refractivity contribution < 1.29 is 38.1 Å². The molecule has 0 radical (unpaired) electrons. The standard InChI is InChI=1S/C35H41N3O9S2/c1-2-35(47-34(42)36-12-13-43-14-15-44-16-17-45-30(39)10-6-4-8-25-11-18-48-49-25)27-20-29-31-24(19-23-7-3-5-9-28(23)37-31)21-38(29)32(40)26(27)22-46-33(35)41/h3,5,7,9,19-20,25H,2,4,6,8,10-18,21-22H2,1H3,(H,36,42). The van der Waals surface area contributed by atoms with Crippen molar-refractivity contribution in [1.29, 1.82) is 0 Å². The van der Waals surface area contributed by atoms with Crippen LogP contribution in [0.2, 0.25) is 0 Å². The van der Waals surface area contributed by atoms with E-state index in [1.54, 1.807) is 17.6 Å². The van der Waals surface area contributed by atoms with E-state index in [-0.39, 0.29) is 63.1 Å². The second-order valence-electron chi connectivity index (χ2n) is 12.1. The molecule has 12 nitrogen and oxygen atoms in total. The van der Waals surface area contributed by atoms with Crippen molar-refractivity contribution in [3.05, 3.63) is 63.4 Å². The molecule has 2 aromatic heterocycles. The Labute approximate surface area is 292 Å². The highest BCUT2D eigenvalue weighted by Gasteiger charge is 2.50. The maximum atomic E-state index is 13.7. The molecule has 0 spiro atoms. The number of aromatic nitrogens is 2. The number of hydrogen-bond donors (Lipinski definition) is 1. The summed E-state index contributed by atoms with van der Waals surface area (Å²) in [7, 11) is 3.89. The largest absolute Gasteiger partial charge is 0.463 e. The van der Waals surface area contributed by atoms with Crippen molar-refractivity contribution >= 4 is 50.5 Å². The molecule has 0 saturated carbocycles. The SMILES string of the molecule is CCC1(OC(=O)NCCOCCOCCOC(=O)CCCCC2CCSS2)C(=O)OCc2c1cc1n(c2=O)Cc2cc3ccccc3nc2-1. The number of hydrogen-bond acceptors (Lipinski definition) is 12. The third kappa shape index (κ3) is 8.08. The van der Waals surface area contributed by atoms with Crippen LogP contribution in [0.1, 0.15) is 62.1 Å². The summed E-state index contributed by atoms with van der Waals surface area (Å²) in [6, 6.07) is 11.5. The molecule has 5 heterocycles. The number of nitrogens with zero attached hydrogens (tertiary/aromatic N) is 2. The van der Waals surface area contributed by atoms with Crippen molar-refractivity contribution in [1.82, 2.24) is 14.9 Å². The minimum Gasteiger partial charge on any atom is -0.463 e. The van der Waals surface area contributed by atoms with Crippen molar-refractivity contribution in [2.45, 2.75) is 69.5 Å². The van der Waals surface area contributed by atoms with Gasteiger partial charge in [0.1, 0.15) is 13.2 Å². The summed E-state index contributed by atoms with van der Waals surface area (Å²) >= 11 is 0. The summed E-state index contributed by atoms with van der Waals surface area (Å²) in [6.45, 7) is 3.19. The summed E-state index contributed by atoms with van der Waals surface area (Å²) in [5.41, 5.74) is 1.42. The van der Waals surface area contributed by atoms with Gasteiger partial charge in [0, 0.05) is 40.5 Å². The number of esters is 2. The Balaban J connectivity index is 0.937. The Morgan fingerprint density at radius 1 is 1.08 bits per heavy atom. The normalized spacial score (nSPS) is 19.2. The monoisotopic (exact) mass is 711 g/mol. The van der Waals surface area contributed by atoms with Gasteiger partial charge in [-0.25, -0.2) is 14.6 Å². The minimum atomic E-state index is -1.79. The molecule has 49 heavy (non-hydrogen) atoms. The first-order chi connectivity index (χ1) is 23.9. The summed E-state index contributed by atoms with van der Waals surface area (Å²) in [6.07, 6.45) is 3.96. The molecule has 1 amide bonds. The number of ether oxygens (including phenoxy) is 5. The van der Waals surface area contributed by atoms with Gasteiger partial charge in [-0.3, -0.25) is 9.59 Å². The first-order valence-electron chi connectivity index (χ1n) is 16.8. The maximum Gasteiger partial charge on any atom is 0.408 e. The fourth-order valence-corrected chi connectivity index (χ4v) is 9.34. The molecule has 2 unspecified atom stereocenters. The molecular formula is C35H41N3O9S2. The van der Waals surface area contributed by atoms with E-state index in [4.69, 9.17) is 28.7 Å². The molecule has 14 heteroatoms. The van der Waals surface area contributed by atoms with E-state index >= 15 is 0 Å². The maximum absolute atomic E-state index is 13.7. The van der Waals surface area contributed by atoms with Gasteiger partial charge in [0.15, 0.2) is 0 Å². The van der Waals surface area contributed by atoms with Crippen molar-refractivity contribution in [3.63, 3.8) is 0 Å². The van der Waals surface area contributed by atoms with E-state index in [0.717, 1.165) is 41.0 Å². The number of para-hydroxylation sites is 1.